The number of carbonyl (C=O) groups is 2. The molecule has 0 spiro atoms. The zero-order valence-corrected chi connectivity index (χ0v) is 15.0. The Morgan fingerprint density at radius 1 is 1.12 bits per heavy atom. The average Bonchev–Trinajstić information content (AvgIpc) is 2.69. The van der Waals surface area contributed by atoms with E-state index in [-0.39, 0.29) is 17.7 Å². The summed E-state index contributed by atoms with van der Waals surface area (Å²) in [6.45, 7) is 1.18. The lowest BCUT2D eigenvalue weighted by molar-refractivity contribution is -0.133. The molecule has 1 saturated heterocycles. The molecule has 0 aromatic heterocycles. The van der Waals surface area contributed by atoms with Gasteiger partial charge in [0.05, 0.1) is 25.1 Å². The van der Waals surface area contributed by atoms with Crippen LogP contribution in [0.2, 0.25) is 0 Å². The molecule has 5 nitrogen and oxygen atoms in total. The molecule has 0 unspecified atom stereocenters. The van der Waals surface area contributed by atoms with Crippen molar-refractivity contribution in [3.63, 3.8) is 0 Å². The summed E-state index contributed by atoms with van der Waals surface area (Å²) in [5.41, 5.74) is 1.66. The molecule has 0 saturated carbocycles. The molecular weight excluding hydrogens is 328 g/mol. The Kier molecular flexibility index (Phi) is 5.89. The summed E-state index contributed by atoms with van der Waals surface area (Å²) in [6, 6.07) is 17.1. The molecule has 0 radical (unpaired) electrons. The van der Waals surface area contributed by atoms with Crippen molar-refractivity contribution in [2.45, 2.75) is 19.3 Å². The van der Waals surface area contributed by atoms with Gasteiger partial charge >= 0.3 is 0 Å². The molecular formula is C21H24N2O3. The van der Waals surface area contributed by atoms with Crippen LogP contribution in [0.4, 0.5) is 5.69 Å². The molecule has 1 fully saturated rings. The van der Waals surface area contributed by atoms with Gasteiger partial charge in [0, 0.05) is 13.1 Å². The number of rotatable bonds is 5. The molecule has 1 atom stereocenters. The molecule has 1 aliphatic heterocycles. The zero-order valence-electron chi connectivity index (χ0n) is 15.0. The van der Waals surface area contributed by atoms with Crippen LogP contribution in [0.5, 0.6) is 5.75 Å². The van der Waals surface area contributed by atoms with Crippen LogP contribution in [0.3, 0.4) is 0 Å². The monoisotopic (exact) mass is 352 g/mol. The van der Waals surface area contributed by atoms with Gasteiger partial charge < -0.3 is 15.0 Å². The number of para-hydroxylation sites is 2. The molecule has 0 aliphatic carbocycles. The maximum Gasteiger partial charge on any atom is 0.229 e. The Hall–Kier alpha value is -2.82. The lowest BCUT2D eigenvalue weighted by Crippen LogP contribution is -2.44. The van der Waals surface area contributed by atoms with Gasteiger partial charge in [-0.05, 0) is 30.5 Å². The zero-order chi connectivity index (χ0) is 18.4. The third kappa shape index (κ3) is 4.42. The number of amides is 2. The van der Waals surface area contributed by atoms with Crippen molar-refractivity contribution in [3.05, 3.63) is 60.2 Å². The van der Waals surface area contributed by atoms with Gasteiger partial charge in [0.1, 0.15) is 5.75 Å². The first kappa shape index (κ1) is 18.0. The molecule has 1 heterocycles. The first-order chi connectivity index (χ1) is 12.7. The third-order valence-corrected chi connectivity index (χ3v) is 4.71. The van der Waals surface area contributed by atoms with Crippen LogP contribution in [0.1, 0.15) is 18.4 Å². The molecule has 2 amide bonds. The van der Waals surface area contributed by atoms with Crippen molar-refractivity contribution in [1.82, 2.24) is 4.90 Å². The number of nitrogens with zero attached hydrogens (tertiary/aromatic N) is 1. The SMILES string of the molecule is COc1ccccc1NC(=O)[C@H]1CCCN(C(=O)Cc2ccccc2)C1. The second-order valence-corrected chi connectivity index (χ2v) is 6.53. The summed E-state index contributed by atoms with van der Waals surface area (Å²) in [5, 5.41) is 2.94. The van der Waals surface area contributed by atoms with Crippen LogP contribution in [0.15, 0.2) is 54.6 Å². The second-order valence-electron chi connectivity index (χ2n) is 6.53. The van der Waals surface area contributed by atoms with Crippen LogP contribution in [-0.4, -0.2) is 36.9 Å². The van der Waals surface area contributed by atoms with E-state index in [4.69, 9.17) is 4.74 Å². The van der Waals surface area contributed by atoms with Crippen molar-refractivity contribution in [2.24, 2.45) is 5.92 Å². The Bertz CT molecular complexity index is 761. The van der Waals surface area contributed by atoms with Crippen molar-refractivity contribution in [3.8, 4) is 5.75 Å². The molecule has 1 N–H and O–H groups in total. The number of methoxy groups -OCH3 is 1. The Morgan fingerprint density at radius 2 is 1.85 bits per heavy atom. The summed E-state index contributed by atoms with van der Waals surface area (Å²) in [5.74, 6) is 0.444. The molecule has 2 aromatic carbocycles. The highest BCUT2D eigenvalue weighted by atomic mass is 16.5. The number of piperidine rings is 1. The molecule has 2 aromatic rings. The van der Waals surface area contributed by atoms with Gasteiger partial charge in [-0.15, -0.1) is 0 Å². The minimum Gasteiger partial charge on any atom is -0.495 e. The highest BCUT2D eigenvalue weighted by Gasteiger charge is 2.28. The van der Waals surface area contributed by atoms with Gasteiger partial charge in [-0.1, -0.05) is 42.5 Å². The minimum absolute atomic E-state index is 0.0632. The molecule has 5 heteroatoms. The first-order valence-electron chi connectivity index (χ1n) is 8.93. The number of carbonyl (C=O) groups excluding carboxylic acids is 2. The third-order valence-electron chi connectivity index (χ3n) is 4.71. The quantitative estimate of drug-likeness (QED) is 0.899. The first-order valence-corrected chi connectivity index (χ1v) is 8.93. The number of hydrogen-bond donors (Lipinski definition) is 1. The van der Waals surface area contributed by atoms with Gasteiger partial charge in [0.25, 0.3) is 0 Å². The molecule has 26 heavy (non-hydrogen) atoms. The van der Waals surface area contributed by atoms with Crippen LogP contribution in [0, 0.1) is 5.92 Å². The van der Waals surface area contributed by atoms with Crippen molar-refractivity contribution in [1.29, 1.82) is 0 Å². The highest BCUT2D eigenvalue weighted by molar-refractivity contribution is 5.94. The Balaban J connectivity index is 1.60. The van der Waals surface area contributed by atoms with E-state index in [9.17, 15) is 9.59 Å². The number of ether oxygens (including phenoxy) is 1. The number of hydrogen-bond acceptors (Lipinski definition) is 3. The number of likely N-dealkylation sites (tertiary alicyclic amines) is 1. The summed E-state index contributed by atoms with van der Waals surface area (Å²) in [7, 11) is 1.58. The normalized spacial score (nSPS) is 16.8. The van der Waals surface area contributed by atoms with Crippen molar-refractivity contribution < 1.29 is 14.3 Å². The Morgan fingerprint density at radius 3 is 2.62 bits per heavy atom. The van der Waals surface area contributed by atoms with Gasteiger partial charge in [0.15, 0.2) is 0 Å². The molecule has 3 rings (SSSR count). The van der Waals surface area contributed by atoms with E-state index >= 15 is 0 Å². The summed E-state index contributed by atoms with van der Waals surface area (Å²) in [6.07, 6.45) is 2.00. The lowest BCUT2D eigenvalue weighted by atomic mass is 9.96. The topological polar surface area (TPSA) is 58.6 Å². The van der Waals surface area contributed by atoms with Gasteiger partial charge in [0.2, 0.25) is 11.8 Å². The van der Waals surface area contributed by atoms with Crippen LogP contribution in [0.25, 0.3) is 0 Å². The molecule has 1 aliphatic rings. The number of nitrogens with one attached hydrogen (secondary N) is 1. The van der Waals surface area contributed by atoms with E-state index in [2.05, 4.69) is 5.32 Å². The van der Waals surface area contributed by atoms with Crippen LogP contribution < -0.4 is 10.1 Å². The summed E-state index contributed by atoms with van der Waals surface area (Å²) in [4.78, 5) is 27.0. The number of anilines is 1. The summed E-state index contributed by atoms with van der Waals surface area (Å²) >= 11 is 0. The van der Waals surface area contributed by atoms with E-state index in [0.29, 0.717) is 30.9 Å². The van der Waals surface area contributed by atoms with E-state index in [0.717, 1.165) is 18.4 Å². The minimum atomic E-state index is -0.201. The van der Waals surface area contributed by atoms with Gasteiger partial charge in [-0.3, -0.25) is 9.59 Å². The van der Waals surface area contributed by atoms with E-state index in [1.807, 2.05) is 59.5 Å². The lowest BCUT2D eigenvalue weighted by Gasteiger charge is -2.32. The Labute approximate surface area is 154 Å². The standard InChI is InChI=1S/C21H24N2O3/c1-26-19-12-6-5-11-18(19)22-21(25)17-10-7-13-23(15-17)20(24)14-16-8-3-2-4-9-16/h2-6,8-9,11-12,17H,7,10,13-15H2,1H3,(H,22,25)/t17-/m0/s1. The largest absolute Gasteiger partial charge is 0.495 e. The molecule has 0 bridgehead atoms. The van der Waals surface area contributed by atoms with E-state index < -0.39 is 0 Å². The van der Waals surface area contributed by atoms with Gasteiger partial charge in [-0.2, -0.15) is 0 Å². The predicted octanol–water partition coefficient (Wildman–Crippen LogP) is 3.12. The predicted molar refractivity (Wildman–Crippen MR) is 101 cm³/mol. The fourth-order valence-corrected chi connectivity index (χ4v) is 3.28. The van der Waals surface area contributed by atoms with E-state index in [1.54, 1.807) is 7.11 Å². The maximum atomic E-state index is 12.7. The van der Waals surface area contributed by atoms with E-state index in [1.165, 1.54) is 0 Å². The van der Waals surface area contributed by atoms with Crippen molar-refractivity contribution >= 4 is 17.5 Å². The fraction of sp³-hybridized carbons (Fsp3) is 0.333. The average molecular weight is 352 g/mol. The van der Waals surface area contributed by atoms with Gasteiger partial charge in [-0.25, -0.2) is 0 Å². The molecule has 136 valence electrons. The fourth-order valence-electron chi connectivity index (χ4n) is 3.28. The van der Waals surface area contributed by atoms with Crippen LogP contribution in [-0.2, 0) is 16.0 Å². The van der Waals surface area contributed by atoms with Crippen LogP contribution >= 0.6 is 0 Å². The maximum absolute atomic E-state index is 12.7. The smallest absolute Gasteiger partial charge is 0.229 e. The summed E-state index contributed by atoms with van der Waals surface area (Å²) < 4.78 is 5.28. The van der Waals surface area contributed by atoms with Crippen molar-refractivity contribution in [2.75, 3.05) is 25.5 Å². The highest BCUT2D eigenvalue weighted by Crippen LogP contribution is 2.25. The second kappa shape index (κ2) is 8.52. The number of benzene rings is 2.